The van der Waals surface area contributed by atoms with E-state index < -0.39 is 5.78 Å². The summed E-state index contributed by atoms with van der Waals surface area (Å²) in [6.07, 6.45) is 1.40. The van der Waals surface area contributed by atoms with Crippen LogP contribution in [0.1, 0.15) is 33.3 Å². The maximum atomic E-state index is 13.1. The average Bonchev–Trinajstić information content (AvgIpc) is 2.44. The van der Waals surface area contributed by atoms with Gasteiger partial charge < -0.3 is 4.57 Å². The quantitative estimate of drug-likeness (QED) is 0.667. The summed E-state index contributed by atoms with van der Waals surface area (Å²) < 4.78 is 0.850. The zero-order valence-electron chi connectivity index (χ0n) is 13.7. The van der Waals surface area contributed by atoms with Gasteiger partial charge in [-0.1, -0.05) is 0 Å². The molecule has 6 heteroatoms. The van der Waals surface area contributed by atoms with Crippen molar-refractivity contribution in [2.75, 3.05) is 14.1 Å². The lowest BCUT2D eigenvalue weighted by atomic mass is 9.81. The number of aryl methyl sites for hydroxylation is 1. The van der Waals surface area contributed by atoms with Gasteiger partial charge in [0, 0.05) is 19.2 Å². The Bertz CT molecular complexity index is 942. The molecule has 2 aliphatic rings. The molecule has 2 heterocycles. The van der Waals surface area contributed by atoms with E-state index in [-0.39, 0.29) is 44.3 Å². The molecule has 1 aliphatic heterocycles. The van der Waals surface area contributed by atoms with E-state index >= 15 is 0 Å². The summed E-state index contributed by atoms with van der Waals surface area (Å²) in [7, 11) is 4.61. The van der Waals surface area contributed by atoms with Crippen LogP contribution in [0.15, 0.2) is 33.8 Å². The molecule has 0 saturated carbocycles. The lowest BCUT2D eigenvalue weighted by molar-refractivity contribution is -0.766. The highest BCUT2D eigenvalue weighted by Crippen LogP contribution is 2.37. The number of carbonyl (C=O) groups is 3. The molecule has 1 aliphatic carbocycles. The third kappa shape index (κ3) is 1.78. The third-order valence-electron chi connectivity index (χ3n) is 4.60. The topological polar surface area (TPSA) is 73.2 Å². The van der Waals surface area contributed by atoms with Crippen LogP contribution in [0.5, 0.6) is 0 Å². The Balaban J connectivity index is 2.46. The van der Waals surface area contributed by atoms with Crippen molar-refractivity contribution >= 4 is 17.5 Å². The van der Waals surface area contributed by atoms with Crippen molar-refractivity contribution in [1.29, 1.82) is 0 Å². The molecule has 23 heavy (non-hydrogen) atoms. The van der Waals surface area contributed by atoms with Crippen molar-refractivity contribution in [3.05, 3.63) is 56.2 Å². The van der Waals surface area contributed by atoms with E-state index in [2.05, 4.69) is 0 Å². The van der Waals surface area contributed by atoms with Crippen LogP contribution < -0.4 is 5.56 Å². The van der Waals surface area contributed by atoms with Gasteiger partial charge in [-0.15, -0.1) is 0 Å². The molecular weight excluding hydrogens is 296 g/mol. The van der Waals surface area contributed by atoms with E-state index in [0.29, 0.717) is 11.1 Å². The Morgan fingerprint density at radius 2 is 1.61 bits per heavy atom. The SMILES string of the molecule is CC1=CC(=O)[N+](C)(C)C2=C1C(=O)c1c(C)cc(=O)n(C)c1C2=O. The second-order valence-electron chi connectivity index (χ2n) is 6.45. The molecule has 0 fully saturated rings. The van der Waals surface area contributed by atoms with Gasteiger partial charge in [0.25, 0.3) is 11.3 Å². The van der Waals surface area contributed by atoms with Crippen LogP contribution in [-0.2, 0) is 11.8 Å². The van der Waals surface area contributed by atoms with Crippen molar-refractivity contribution in [3.8, 4) is 0 Å². The number of rotatable bonds is 0. The van der Waals surface area contributed by atoms with Crippen molar-refractivity contribution in [2.24, 2.45) is 7.05 Å². The third-order valence-corrected chi connectivity index (χ3v) is 4.60. The molecule has 0 aromatic carbocycles. The molecule has 1 aromatic heterocycles. The average molecular weight is 313 g/mol. The molecule has 6 nitrogen and oxygen atoms in total. The molecule has 0 atom stereocenters. The summed E-state index contributed by atoms with van der Waals surface area (Å²) in [6, 6.07) is 1.35. The molecule has 0 bridgehead atoms. The summed E-state index contributed by atoms with van der Waals surface area (Å²) in [5, 5.41) is 0. The van der Waals surface area contributed by atoms with Gasteiger partial charge >= 0.3 is 5.91 Å². The Morgan fingerprint density at radius 3 is 2.22 bits per heavy atom. The fourth-order valence-electron chi connectivity index (χ4n) is 3.26. The van der Waals surface area contributed by atoms with Gasteiger partial charge in [0.05, 0.1) is 25.2 Å². The number of hydrogen-bond acceptors (Lipinski definition) is 4. The first-order valence-corrected chi connectivity index (χ1v) is 7.21. The highest BCUT2D eigenvalue weighted by molar-refractivity contribution is 6.28. The minimum atomic E-state index is -0.441. The predicted molar refractivity (Wildman–Crippen MR) is 83.0 cm³/mol. The van der Waals surface area contributed by atoms with Gasteiger partial charge in [-0.3, -0.25) is 14.4 Å². The van der Waals surface area contributed by atoms with Crippen LogP contribution in [0.4, 0.5) is 0 Å². The van der Waals surface area contributed by atoms with Gasteiger partial charge in [0.2, 0.25) is 11.5 Å². The highest BCUT2D eigenvalue weighted by Gasteiger charge is 2.49. The minimum Gasteiger partial charge on any atom is -0.308 e. The zero-order valence-corrected chi connectivity index (χ0v) is 13.7. The lowest BCUT2D eigenvalue weighted by Crippen LogP contribution is -2.52. The van der Waals surface area contributed by atoms with Crippen molar-refractivity contribution in [3.63, 3.8) is 0 Å². The van der Waals surface area contributed by atoms with E-state index in [1.165, 1.54) is 23.8 Å². The fraction of sp³-hybridized carbons (Fsp3) is 0.294. The van der Waals surface area contributed by atoms with Gasteiger partial charge in [-0.05, 0) is 25.0 Å². The standard InChI is InChI=1S/C17H17N2O4/c1-8-6-10(20)18(3)14-12(8)16(22)13-9(2)7-11(21)19(4,5)15(13)17(14)23/h6-7H,1-5H3/q+1. The summed E-state index contributed by atoms with van der Waals surface area (Å²) >= 11 is 0. The van der Waals surface area contributed by atoms with Crippen LogP contribution in [0.3, 0.4) is 0 Å². The number of likely N-dealkylation sites (N-methyl/N-ethyl adjacent to an activating group) is 1. The number of amides is 1. The summed E-state index contributed by atoms with van der Waals surface area (Å²) in [5.74, 6) is -1.03. The maximum Gasteiger partial charge on any atom is 0.343 e. The normalized spacial score (nSPS) is 19.5. The number of carbonyl (C=O) groups excluding carboxylic acids is 3. The number of ketones is 2. The second kappa shape index (κ2) is 4.45. The van der Waals surface area contributed by atoms with Crippen molar-refractivity contribution < 1.29 is 18.9 Å². The number of pyridine rings is 1. The molecule has 3 rings (SSSR count). The number of nitrogens with zero attached hydrogens (tertiary/aromatic N) is 2. The first-order chi connectivity index (χ1) is 10.6. The maximum absolute atomic E-state index is 13.1. The lowest BCUT2D eigenvalue weighted by Gasteiger charge is -2.35. The highest BCUT2D eigenvalue weighted by atomic mass is 16.2. The largest absolute Gasteiger partial charge is 0.343 e. The zero-order chi connectivity index (χ0) is 17.3. The van der Waals surface area contributed by atoms with Gasteiger partial charge in [-0.2, -0.15) is 0 Å². The van der Waals surface area contributed by atoms with Crippen molar-refractivity contribution in [2.45, 2.75) is 13.8 Å². The fourth-order valence-corrected chi connectivity index (χ4v) is 3.26. The van der Waals surface area contributed by atoms with Gasteiger partial charge in [-0.25, -0.2) is 9.28 Å². The van der Waals surface area contributed by atoms with Crippen LogP contribution in [0.25, 0.3) is 0 Å². The Morgan fingerprint density at radius 1 is 1.00 bits per heavy atom. The molecule has 118 valence electrons. The monoisotopic (exact) mass is 313 g/mol. The molecule has 0 saturated heterocycles. The number of aromatic nitrogens is 1. The summed E-state index contributed by atoms with van der Waals surface area (Å²) in [4.78, 5) is 50.4. The molecular formula is C17H17N2O4+. The number of quaternary nitrogens is 1. The molecule has 1 aromatic rings. The Kier molecular flexibility index (Phi) is 2.96. The predicted octanol–water partition coefficient (Wildman–Crippen LogP) is 0.890. The molecule has 0 unspecified atom stereocenters. The first kappa shape index (κ1) is 15.3. The second-order valence-corrected chi connectivity index (χ2v) is 6.45. The molecule has 0 radical (unpaired) electrons. The number of allylic oxidation sites excluding steroid dienone is 3. The van der Waals surface area contributed by atoms with Crippen LogP contribution in [-0.4, -0.2) is 40.6 Å². The summed E-state index contributed by atoms with van der Waals surface area (Å²) in [5.41, 5.74) is 1.32. The number of Topliss-reactive ketones (excluding diaryl/α,β-unsaturated/α-hetero) is 2. The van der Waals surface area contributed by atoms with E-state index in [4.69, 9.17) is 0 Å². The van der Waals surface area contributed by atoms with E-state index in [9.17, 15) is 19.2 Å². The van der Waals surface area contributed by atoms with Crippen LogP contribution in [0, 0.1) is 6.92 Å². The van der Waals surface area contributed by atoms with E-state index in [0.717, 1.165) is 0 Å². The smallest absolute Gasteiger partial charge is 0.308 e. The minimum absolute atomic E-state index is 0.0625. The number of hydrogen-bond donors (Lipinski definition) is 0. The summed E-state index contributed by atoms with van der Waals surface area (Å²) in [6.45, 7) is 3.30. The molecule has 0 N–H and O–H groups in total. The van der Waals surface area contributed by atoms with E-state index in [1.807, 2.05) is 0 Å². The van der Waals surface area contributed by atoms with Gasteiger partial charge in [0.1, 0.15) is 5.69 Å². The van der Waals surface area contributed by atoms with Crippen LogP contribution >= 0.6 is 0 Å². The van der Waals surface area contributed by atoms with Crippen LogP contribution in [0.2, 0.25) is 0 Å². The Labute approximate surface area is 132 Å². The van der Waals surface area contributed by atoms with Crippen molar-refractivity contribution in [1.82, 2.24) is 4.57 Å². The number of fused-ring (bicyclic) bond motifs is 1. The van der Waals surface area contributed by atoms with Gasteiger partial charge in [0.15, 0.2) is 0 Å². The molecule has 0 spiro atoms. The Hall–Kier alpha value is -2.60. The molecule has 1 amide bonds. The van der Waals surface area contributed by atoms with E-state index in [1.54, 1.807) is 27.9 Å². The first-order valence-electron chi connectivity index (χ1n) is 7.21.